The third-order valence-electron chi connectivity index (χ3n) is 2.92. The van der Waals surface area contributed by atoms with Crippen LogP contribution in [-0.2, 0) is 4.74 Å². The molecule has 2 heterocycles. The van der Waals surface area contributed by atoms with Crippen LogP contribution in [0.1, 0.15) is 25.5 Å². The van der Waals surface area contributed by atoms with Crippen LogP contribution in [0.25, 0.3) is 0 Å². The van der Waals surface area contributed by atoms with Gasteiger partial charge in [-0.1, -0.05) is 0 Å². The van der Waals surface area contributed by atoms with Gasteiger partial charge in [0.25, 0.3) is 0 Å². The maximum atomic E-state index is 8.65. The van der Waals surface area contributed by atoms with E-state index in [1.54, 1.807) is 12.3 Å². The van der Waals surface area contributed by atoms with E-state index in [2.05, 4.69) is 17.2 Å². The summed E-state index contributed by atoms with van der Waals surface area (Å²) in [7, 11) is 0. The van der Waals surface area contributed by atoms with E-state index in [0.29, 0.717) is 5.69 Å². The van der Waals surface area contributed by atoms with Crippen LogP contribution < -0.4 is 5.32 Å². The van der Waals surface area contributed by atoms with Gasteiger partial charge in [-0.2, -0.15) is 5.26 Å². The average Bonchev–Trinajstić information content (AvgIpc) is 2.30. The normalized spacial score (nSPS) is 18.8. The van der Waals surface area contributed by atoms with Crippen LogP contribution in [0.2, 0.25) is 0 Å². The number of rotatable bonds is 2. The number of nitrogens with one attached hydrogen (secondary N) is 1. The van der Waals surface area contributed by atoms with Crippen molar-refractivity contribution in [2.75, 3.05) is 18.5 Å². The Labute approximate surface area is 95.3 Å². The predicted octanol–water partition coefficient (Wildman–Crippen LogP) is 1.93. The van der Waals surface area contributed by atoms with E-state index >= 15 is 0 Å². The molecule has 2 rings (SSSR count). The van der Waals surface area contributed by atoms with Gasteiger partial charge in [0.15, 0.2) is 0 Å². The Kier molecular flexibility index (Phi) is 3.07. The molecule has 0 spiro atoms. The Morgan fingerprint density at radius 3 is 2.75 bits per heavy atom. The second kappa shape index (κ2) is 4.50. The number of anilines is 1. The third kappa shape index (κ3) is 2.50. The number of nitriles is 1. The van der Waals surface area contributed by atoms with Crippen molar-refractivity contribution < 1.29 is 4.74 Å². The van der Waals surface area contributed by atoms with Gasteiger partial charge in [-0.25, -0.2) is 4.98 Å². The van der Waals surface area contributed by atoms with Gasteiger partial charge in [-0.05, 0) is 31.9 Å². The second-order valence-electron chi connectivity index (χ2n) is 4.34. The number of nitrogens with zero attached hydrogens (tertiary/aromatic N) is 2. The van der Waals surface area contributed by atoms with Gasteiger partial charge in [0, 0.05) is 18.8 Å². The lowest BCUT2D eigenvalue weighted by Gasteiger charge is -2.35. The van der Waals surface area contributed by atoms with E-state index < -0.39 is 0 Å². The summed E-state index contributed by atoms with van der Waals surface area (Å²) in [4.78, 5) is 4.04. The maximum Gasteiger partial charge on any atom is 0.140 e. The molecule has 0 aliphatic carbocycles. The number of pyridine rings is 1. The zero-order valence-corrected chi connectivity index (χ0v) is 9.36. The molecule has 0 unspecified atom stereocenters. The molecule has 0 radical (unpaired) electrons. The maximum absolute atomic E-state index is 8.65. The van der Waals surface area contributed by atoms with Crippen LogP contribution in [0, 0.1) is 11.3 Å². The van der Waals surface area contributed by atoms with Gasteiger partial charge in [-0.15, -0.1) is 0 Å². The summed E-state index contributed by atoms with van der Waals surface area (Å²) < 4.78 is 5.34. The fraction of sp³-hybridized carbons (Fsp3) is 0.500. The molecule has 4 nitrogen and oxygen atoms in total. The highest BCUT2D eigenvalue weighted by Crippen LogP contribution is 2.24. The minimum atomic E-state index is 0.0775. The molecule has 1 aromatic heterocycles. The summed E-state index contributed by atoms with van der Waals surface area (Å²) >= 11 is 0. The monoisotopic (exact) mass is 217 g/mol. The van der Waals surface area contributed by atoms with Crippen LogP contribution in [0.15, 0.2) is 18.3 Å². The van der Waals surface area contributed by atoms with Gasteiger partial charge in [-0.3, -0.25) is 0 Å². The van der Waals surface area contributed by atoms with Crippen molar-refractivity contribution in [1.82, 2.24) is 4.98 Å². The quantitative estimate of drug-likeness (QED) is 0.822. The Hall–Kier alpha value is -1.60. The molecule has 1 N–H and O–H groups in total. The number of aromatic nitrogens is 1. The van der Waals surface area contributed by atoms with E-state index in [1.807, 2.05) is 12.1 Å². The highest BCUT2D eigenvalue weighted by atomic mass is 16.5. The van der Waals surface area contributed by atoms with E-state index in [-0.39, 0.29) is 5.54 Å². The molecule has 16 heavy (non-hydrogen) atoms. The Bertz CT molecular complexity index is 388. The first kappa shape index (κ1) is 10.9. The van der Waals surface area contributed by atoms with Gasteiger partial charge in [0.05, 0.1) is 11.9 Å². The van der Waals surface area contributed by atoms with Gasteiger partial charge < -0.3 is 10.1 Å². The summed E-state index contributed by atoms with van der Waals surface area (Å²) in [6, 6.07) is 5.63. The Morgan fingerprint density at radius 1 is 1.44 bits per heavy atom. The molecule has 0 amide bonds. The molecule has 1 saturated heterocycles. The standard InChI is InChI=1S/C12H15N3O/c1-12(4-6-16-7-5-12)15-11-3-2-10(8-13)14-9-11/h2-3,9,15H,4-7H2,1H3. The first-order valence-corrected chi connectivity index (χ1v) is 5.44. The third-order valence-corrected chi connectivity index (χ3v) is 2.92. The molecule has 1 fully saturated rings. The molecule has 4 heteroatoms. The van der Waals surface area contributed by atoms with Crippen molar-refractivity contribution in [3.8, 4) is 6.07 Å². The van der Waals surface area contributed by atoms with Crippen LogP contribution >= 0.6 is 0 Å². The van der Waals surface area contributed by atoms with Crippen molar-refractivity contribution in [3.63, 3.8) is 0 Å². The molecular formula is C12H15N3O. The summed E-state index contributed by atoms with van der Waals surface area (Å²) in [6.45, 7) is 3.79. The summed E-state index contributed by atoms with van der Waals surface area (Å²) in [5.74, 6) is 0. The minimum absolute atomic E-state index is 0.0775. The molecule has 1 aliphatic rings. The predicted molar refractivity (Wildman–Crippen MR) is 61.0 cm³/mol. The fourth-order valence-electron chi connectivity index (χ4n) is 1.83. The number of hydrogen-bond acceptors (Lipinski definition) is 4. The Morgan fingerprint density at radius 2 is 2.19 bits per heavy atom. The SMILES string of the molecule is CC1(Nc2ccc(C#N)nc2)CCOCC1. The van der Waals surface area contributed by atoms with Crippen molar-refractivity contribution in [2.24, 2.45) is 0 Å². The molecule has 0 aromatic carbocycles. The Balaban J connectivity index is 2.05. The zero-order chi connectivity index (χ0) is 11.4. The van der Waals surface area contributed by atoms with Gasteiger partial charge >= 0.3 is 0 Å². The first-order chi connectivity index (χ1) is 7.72. The summed E-state index contributed by atoms with van der Waals surface area (Å²) in [5, 5.41) is 12.1. The first-order valence-electron chi connectivity index (χ1n) is 5.44. The highest BCUT2D eigenvalue weighted by Gasteiger charge is 2.26. The smallest absolute Gasteiger partial charge is 0.140 e. The molecule has 84 valence electrons. The van der Waals surface area contributed by atoms with Gasteiger partial charge in [0.2, 0.25) is 0 Å². The molecule has 0 bridgehead atoms. The van der Waals surface area contributed by atoms with Crippen LogP contribution in [-0.4, -0.2) is 23.7 Å². The van der Waals surface area contributed by atoms with Crippen molar-refractivity contribution in [2.45, 2.75) is 25.3 Å². The molecule has 1 aliphatic heterocycles. The summed E-state index contributed by atoms with van der Waals surface area (Å²) in [6.07, 6.45) is 3.69. The minimum Gasteiger partial charge on any atom is -0.381 e. The van der Waals surface area contributed by atoms with Gasteiger partial charge in [0.1, 0.15) is 11.8 Å². The van der Waals surface area contributed by atoms with E-state index in [0.717, 1.165) is 31.7 Å². The molecule has 0 saturated carbocycles. The average molecular weight is 217 g/mol. The highest BCUT2D eigenvalue weighted by molar-refractivity contribution is 5.45. The van der Waals surface area contributed by atoms with E-state index in [1.165, 1.54) is 0 Å². The molecule has 0 atom stereocenters. The lowest BCUT2D eigenvalue weighted by molar-refractivity contribution is 0.0658. The second-order valence-corrected chi connectivity index (χ2v) is 4.34. The molecule has 1 aromatic rings. The van der Waals surface area contributed by atoms with Crippen molar-refractivity contribution >= 4 is 5.69 Å². The number of ether oxygens (including phenoxy) is 1. The fourth-order valence-corrected chi connectivity index (χ4v) is 1.83. The number of hydrogen-bond donors (Lipinski definition) is 1. The lowest BCUT2D eigenvalue weighted by atomic mass is 9.92. The lowest BCUT2D eigenvalue weighted by Crippen LogP contribution is -2.40. The van der Waals surface area contributed by atoms with Crippen LogP contribution in [0.4, 0.5) is 5.69 Å². The van der Waals surface area contributed by atoms with E-state index in [4.69, 9.17) is 10.00 Å². The van der Waals surface area contributed by atoms with Crippen LogP contribution in [0.5, 0.6) is 0 Å². The van der Waals surface area contributed by atoms with Crippen molar-refractivity contribution in [1.29, 1.82) is 5.26 Å². The van der Waals surface area contributed by atoms with E-state index in [9.17, 15) is 0 Å². The zero-order valence-electron chi connectivity index (χ0n) is 9.36. The largest absolute Gasteiger partial charge is 0.381 e. The van der Waals surface area contributed by atoms with Crippen molar-refractivity contribution in [3.05, 3.63) is 24.0 Å². The topological polar surface area (TPSA) is 57.9 Å². The van der Waals surface area contributed by atoms with Crippen LogP contribution in [0.3, 0.4) is 0 Å². The molecular weight excluding hydrogens is 202 g/mol. The summed E-state index contributed by atoms with van der Waals surface area (Å²) in [5.41, 5.74) is 1.49.